The van der Waals surface area contributed by atoms with Crippen LogP contribution in [0.1, 0.15) is 40.0 Å². The molecule has 0 aromatic heterocycles. The summed E-state index contributed by atoms with van der Waals surface area (Å²) in [5, 5.41) is -0.228. The number of halogens is 1. The molecule has 0 spiro atoms. The van der Waals surface area contributed by atoms with E-state index in [0.29, 0.717) is 22.4 Å². The molecule has 3 unspecified atom stereocenters. The van der Waals surface area contributed by atoms with Crippen LogP contribution in [0, 0.1) is 11.8 Å². The smallest absolute Gasteiger partial charge is 0.152 e. The van der Waals surface area contributed by atoms with Crippen molar-refractivity contribution < 1.29 is 8.42 Å². The van der Waals surface area contributed by atoms with Gasteiger partial charge in [-0.25, -0.2) is 8.42 Å². The van der Waals surface area contributed by atoms with E-state index >= 15 is 0 Å². The zero-order valence-corrected chi connectivity index (χ0v) is 12.1. The number of rotatable bonds is 4. The Balaban J connectivity index is 2.45. The molecular formula is C11H21BrO2S. The molecule has 1 saturated carbocycles. The van der Waals surface area contributed by atoms with Crippen molar-refractivity contribution >= 4 is 25.8 Å². The third kappa shape index (κ3) is 3.45. The summed E-state index contributed by atoms with van der Waals surface area (Å²) in [6, 6.07) is 0. The zero-order valence-electron chi connectivity index (χ0n) is 9.74. The molecule has 0 aliphatic heterocycles. The first-order chi connectivity index (χ1) is 6.84. The first kappa shape index (κ1) is 13.5. The molecular weight excluding hydrogens is 276 g/mol. The molecule has 4 heteroatoms. The Kier molecular flexibility index (Phi) is 4.65. The SMILES string of the molecule is CC1C(Br)CCC1CCS(=O)(=O)C(C)C. The largest absolute Gasteiger partial charge is 0.229 e. The van der Waals surface area contributed by atoms with Crippen LogP contribution in [0.5, 0.6) is 0 Å². The van der Waals surface area contributed by atoms with E-state index in [1.807, 2.05) is 0 Å². The van der Waals surface area contributed by atoms with E-state index in [4.69, 9.17) is 0 Å². The van der Waals surface area contributed by atoms with Crippen molar-refractivity contribution in [3.05, 3.63) is 0 Å². The highest BCUT2D eigenvalue weighted by molar-refractivity contribution is 9.09. The van der Waals surface area contributed by atoms with Crippen LogP contribution < -0.4 is 0 Å². The minimum absolute atomic E-state index is 0.228. The Morgan fingerprint density at radius 3 is 2.33 bits per heavy atom. The second kappa shape index (κ2) is 5.17. The Morgan fingerprint density at radius 1 is 1.33 bits per heavy atom. The van der Waals surface area contributed by atoms with Gasteiger partial charge in [0, 0.05) is 4.83 Å². The molecule has 0 heterocycles. The lowest BCUT2D eigenvalue weighted by molar-refractivity contribution is 0.412. The second-order valence-electron chi connectivity index (χ2n) is 4.92. The van der Waals surface area contributed by atoms with Gasteiger partial charge in [-0.2, -0.15) is 0 Å². The van der Waals surface area contributed by atoms with Crippen LogP contribution in [0.4, 0.5) is 0 Å². The minimum atomic E-state index is -2.84. The van der Waals surface area contributed by atoms with Gasteiger partial charge < -0.3 is 0 Å². The van der Waals surface area contributed by atoms with Crippen LogP contribution in [0.2, 0.25) is 0 Å². The summed E-state index contributed by atoms with van der Waals surface area (Å²) in [7, 11) is -2.84. The van der Waals surface area contributed by atoms with E-state index in [0.717, 1.165) is 6.42 Å². The summed E-state index contributed by atoms with van der Waals surface area (Å²) >= 11 is 3.64. The van der Waals surface area contributed by atoms with Crippen molar-refractivity contribution in [2.24, 2.45) is 11.8 Å². The fourth-order valence-corrected chi connectivity index (χ4v) is 3.95. The fourth-order valence-electron chi connectivity index (χ4n) is 2.15. The van der Waals surface area contributed by atoms with Gasteiger partial charge in [-0.15, -0.1) is 0 Å². The summed E-state index contributed by atoms with van der Waals surface area (Å²) < 4.78 is 23.3. The van der Waals surface area contributed by atoms with Gasteiger partial charge in [-0.05, 0) is 44.9 Å². The lowest BCUT2D eigenvalue weighted by Gasteiger charge is -2.17. The van der Waals surface area contributed by atoms with Gasteiger partial charge in [0.15, 0.2) is 9.84 Å². The van der Waals surface area contributed by atoms with E-state index in [1.165, 1.54) is 12.8 Å². The maximum atomic E-state index is 11.7. The fraction of sp³-hybridized carbons (Fsp3) is 1.00. The Morgan fingerprint density at radius 2 is 1.93 bits per heavy atom. The molecule has 0 aromatic carbocycles. The monoisotopic (exact) mass is 296 g/mol. The van der Waals surface area contributed by atoms with Crippen LogP contribution in [0.3, 0.4) is 0 Å². The zero-order chi connectivity index (χ0) is 11.6. The number of hydrogen-bond acceptors (Lipinski definition) is 2. The molecule has 0 bridgehead atoms. The average molecular weight is 297 g/mol. The van der Waals surface area contributed by atoms with Crippen LogP contribution in [0.15, 0.2) is 0 Å². The van der Waals surface area contributed by atoms with E-state index in [2.05, 4.69) is 22.9 Å². The molecule has 3 atom stereocenters. The molecule has 0 saturated heterocycles. The molecule has 0 amide bonds. The minimum Gasteiger partial charge on any atom is -0.229 e. The first-order valence-electron chi connectivity index (χ1n) is 5.70. The summed E-state index contributed by atoms with van der Waals surface area (Å²) in [6.07, 6.45) is 3.20. The van der Waals surface area contributed by atoms with Crippen molar-refractivity contribution in [2.45, 2.75) is 50.1 Å². The van der Waals surface area contributed by atoms with Gasteiger partial charge in [0.2, 0.25) is 0 Å². The average Bonchev–Trinajstić information content (AvgIpc) is 2.45. The van der Waals surface area contributed by atoms with Gasteiger partial charge >= 0.3 is 0 Å². The predicted molar refractivity (Wildman–Crippen MR) is 68.1 cm³/mol. The predicted octanol–water partition coefficient (Wildman–Crippen LogP) is 3.01. The molecule has 1 aliphatic carbocycles. The molecule has 1 rings (SSSR count). The maximum Gasteiger partial charge on any atom is 0.152 e. The third-order valence-corrected chi connectivity index (χ3v) is 7.15. The lowest BCUT2D eigenvalue weighted by atomic mass is 9.96. The van der Waals surface area contributed by atoms with Gasteiger partial charge in [-0.3, -0.25) is 0 Å². The topological polar surface area (TPSA) is 34.1 Å². The number of sulfone groups is 1. The van der Waals surface area contributed by atoms with Crippen molar-refractivity contribution in [2.75, 3.05) is 5.75 Å². The van der Waals surface area contributed by atoms with Crippen LogP contribution in [-0.4, -0.2) is 24.2 Å². The number of hydrogen-bond donors (Lipinski definition) is 0. The van der Waals surface area contributed by atoms with Crippen molar-refractivity contribution in [3.8, 4) is 0 Å². The highest BCUT2D eigenvalue weighted by Gasteiger charge is 2.31. The molecule has 1 fully saturated rings. The van der Waals surface area contributed by atoms with E-state index in [1.54, 1.807) is 13.8 Å². The molecule has 2 nitrogen and oxygen atoms in total. The normalized spacial score (nSPS) is 32.5. The van der Waals surface area contributed by atoms with Crippen molar-refractivity contribution in [3.63, 3.8) is 0 Å². The second-order valence-corrected chi connectivity index (χ2v) is 8.77. The van der Waals surface area contributed by atoms with E-state index < -0.39 is 9.84 Å². The standard InChI is InChI=1S/C11H21BrO2S/c1-8(2)15(13,14)7-6-10-4-5-11(12)9(10)3/h8-11H,4-7H2,1-3H3. The lowest BCUT2D eigenvalue weighted by Crippen LogP contribution is -2.21. The molecule has 0 N–H and O–H groups in total. The van der Waals surface area contributed by atoms with E-state index in [9.17, 15) is 8.42 Å². The van der Waals surface area contributed by atoms with Gasteiger partial charge in [0.1, 0.15) is 0 Å². The summed E-state index contributed by atoms with van der Waals surface area (Å²) in [5.74, 6) is 1.56. The van der Waals surface area contributed by atoms with E-state index in [-0.39, 0.29) is 5.25 Å². The van der Waals surface area contributed by atoms with Crippen molar-refractivity contribution in [1.82, 2.24) is 0 Å². The molecule has 0 aromatic rings. The maximum absolute atomic E-state index is 11.7. The summed E-state index contributed by atoms with van der Waals surface area (Å²) in [5.41, 5.74) is 0. The van der Waals surface area contributed by atoms with Gasteiger partial charge in [-0.1, -0.05) is 22.9 Å². The molecule has 15 heavy (non-hydrogen) atoms. The molecule has 0 radical (unpaired) electrons. The number of alkyl halides is 1. The first-order valence-corrected chi connectivity index (χ1v) is 8.33. The Bertz CT molecular complexity index is 298. The van der Waals surface area contributed by atoms with Gasteiger partial charge in [0.05, 0.1) is 11.0 Å². The van der Waals surface area contributed by atoms with Gasteiger partial charge in [0.25, 0.3) is 0 Å². The quantitative estimate of drug-likeness (QED) is 0.748. The van der Waals surface area contributed by atoms with Crippen LogP contribution in [0.25, 0.3) is 0 Å². The highest BCUT2D eigenvalue weighted by atomic mass is 79.9. The summed E-state index contributed by atoms with van der Waals surface area (Å²) in [6.45, 7) is 5.75. The van der Waals surface area contributed by atoms with Crippen molar-refractivity contribution in [1.29, 1.82) is 0 Å². The Labute approximate surface area is 102 Å². The highest BCUT2D eigenvalue weighted by Crippen LogP contribution is 2.38. The Hall–Kier alpha value is 0.430. The third-order valence-electron chi connectivity index (χ3n) is 3.62. The van der Waals surface area contributed by atoms with Crippen LogP contribution in [-0.2, 0) is 9.84 Å². The molecule has 90 valence electrons. The molecule has 1 aliphatic rings. The summed E-state index contributed by atoms with van der Waals surface area (Å²) in [4.78, 5) is 0.587. The van der Waals surface area contributed by atoms with Crippen LogP contribution >= 0.6 is 15.9 Å².